The number of thiophene rings is 2. The number of alkyl halides is 1. The molecular weight excluding hydrogens is 459 g/mol. The van der Waals surface area contributed by atoms with Gasteiger partial charge in [0.15, 0.2) is 0 Å². The lowest BCUT2D eigenvalue weighted by molar-refractivity contribution is 1.22. The fraction of sp³-hybridized carbons (Fsp3) is 0.200. The Morgan fingerprint density at radius 1 is 1.12 bits per heavy atom. The second-order valence-corrected chi connectivity index (χ2v) is 9.04. The van der Waals surface area contributed by atoms with E-state index >= 15 is 0 Å². The van der Waals surface area contributed by atoms with Gasteiger partial charge in [-0.2, -0.15) is 0 Å². The molecule has 16 heavy (non-hydrogen) atoms. The van der Waals surface area contributed by atoms with Crippen LogP contribution in [0.25, 0.3) is 0 Å². The minimum absolute atomic E-state index is 0.0827. The van der Waals surface area contributed by atoms with Crippen LogP contribution in [0.15, 0.2) is 24.9 Å². The molecule has 2 aromatic rings. The van der Waals surface area contributed by atoms with E-state index in [-0.39, 0.29) is 5.38 Å². The van der Waals surface area contributed by atoms with Crippen LogP contribution in [-0.2, 0) is 0 Å². The van der Waals surface area contributed by atoms with Crippen LogP contribution in [0.1, 0.15) is 20.0 Å². The molecule has 0 N–H and O–H groups in total. The lowest BCUT2D eigenvalue weighted by atomic mass is 10.3. The van der Waals surface area contributed by atoms with Gasteiger partial charge in [-0.3, -0.25) is 0 Å². The minimum atomic E-state index is -0.0827. The van der Waals surface area contributed by atoms with E-state index in [9.17, 15) is 0 Å². The Bertz CT molecular complexity index is 499. The molecule has 86 valence electrons. The first kappa shape index (κ1) is 13.6. The first-order valence-corrected chi connectivity index (χ1v) is 8.78. The lowest BCUT2D eigenvalue weighted by Gasteiger charge is -2.04. The Kier molecular flexibility index (Phi) is 4.58. The Hall–Kier alpha value is 1.13. The summed E-state index contributed by atoms with van der Waals surface area (Å²) in [6.07, 6.45) is 0. The van der Waals surface area contributed by atoms with Gasteiger partial charge in [0.05, 0.1) is 3.79 Å². The Balaban J connectivity index is 2.38. The maximum Gasteiger partial charge on any atom is 0.103 e. The number of aryl methyl sites for hydroxylation is 1. The van der Waals surface area contributed by atoms with Gasteiger partial charge in [0.1, 0.15) is 5.38 Å². The molecule has 0 amide bonds. The summed E-state index contributed by atoms with van der Waals surface area (Å²) in [5, 5.41) is -0.0827. The summed E-state index contributed by atoms with van der Waals surface area (Å²) in [5.41, 5.74) is 0. The molecule has 0 aliphatic heterocycles. The summed E-state index contributed by atoms with van der Waals surface area (Å²) < 4.78 is 3.23. The van der Waals surface area contributed by atoms with Crippen molar-refractivity contribution in [3.05, 3.63) is 39.5 Å². The standard InChI is InChI=1S/C10H6Br3ClS2/c1-4-2-5(11)9(15-4)8(14)7-3-6(12)10(13)16-7/h2-3,8H,1H3. The zero-order valence-corrected chi connectivity index (χ0v) is 15.2. The molecule has 0 radical (unpaired) electrons. The fourth-order valence-corrected chi connectivity index (χ4v) is 5.90. The van der Waals surface area contributed by atoms with E-state index in [2.05, 4.69) is 66.8 Å². The molecule has 2 heterocycles. The first-order valence-electron chi connectivity index (χ1n) is 4.33. The van der Waals surface area contributed by atoms with Crippen LogP contribution in [0.3, 0.4) is 0 Å². The van der Waals surface area contributed by atoms with E-state index in [0.717, 1.165) is 17.6 Å². The van der Waals surface area contributed by atoms with Crippen molar-refractivity contribution in [3.63, 3.8) is 0 Å². The lowest BCUT2D eigenvalue weighted by Crippen LogP contribution is -1.85. The number of halogens is 4. The Morgan fingerprint density at radius 2 is 1.81 bits per heavy atom. The summed E-state index contributed by atoms with van der Waals surface area (Å²) >= 11 is 20.4. The average molecular weight is 465 g/mol. The van der Waals surface area contributed by atoms with Gasteiger partial charge in [-0.25, -0.2) is 0 Å². The molecule has 0 nitrogen and oxygen atoms in total. The maximum absolute atomic E-state index is 6.48. The molecule has 1 atom stereocenters. The number of hydrogen-bond donors (Lipinski definition) is 0. The molecule has 0 saturated heterocycles. The van der Waals surface area contributed by atoms with Gasteiger partial charge < -0.3 is 0 Å². The summed E-state index contributed by atoms with van der Waals surface area (Å²) in [6.45, 7) is 2.09. The molecule has 1 unspecified atom stereocenters. The van der Waals surface area contributed by atoms with E-state index in [4.69, 9.17) is 11.6 Å². The molecule has 6 heteroatoms. The third kappa shape index (κ3) is 2.75. The zero-order valence-electron chi connectivity index (χ0n) is 8.06. The predicted molar refractivity (Wildman–Crippen MR) is 84.2 cm³/mol. The van der Waals surface area contributed by atoms with Crippen molar-refractivity contribution in [2.24, 2.45) is 0 Å². The molecule has 0 aliphatic carbocycles. The van der Waals surface area contributed by atoms with Crippen LogP contribution >= 0.6 is 82.1 Å². The first-order chi connectivity index (χ1) is 7.49. The maximum atomic E-state index is 6.48. The Labute approximate surface area is 132 Å². The van der Waals surface area contributed by atoms with Crippen molar-refractivity contribution >= 4 is 82.1 Å². The summed E-state index contributed by atoms with van der Waals surface area (Å²) in [5.74, 6) is 0. The predicted octanol–water partition coefficient (Wildman–Crippen LogP) is 6.73. The van der Waals surface area contributed by atoms with Gasteiger partial charge >= 0.3 is 0 Å². The summed E-state index contributed by atoms with van der Waals surface area (Å²) in [7, 11) is 0. The van der Waals surface area contributed by atoms with E-state index < -0.39 is 0 Å². The average Bonchev–Trinajstić information content (AvgIpc) is 2.70. The second-order valence-electron chi connectivity index (χ2n) is 3.20. The van der Waals surface area contributed by atoms with Gasteiger partial charge in [0.25, 0.3) is 0 Å². The SMILES string of the molecule is Cc1cc(Br)c(C(Cl)c2cc(Br)c(Br)s2)s1. The van der Waals surface area contributed by atoms with E-state index in [1.54, 1.807) is 22.7 Å². The van der Waals surface area contributed by atoms with Gasteiger partial charge in [-0.1, -0.05) is 0 Å². The van der Waals surface area contributed by atoms with Crippen molar-refractivity contribution in [1.29, 1.82) is 0 Å². The minimum Gasteiger partial charge on any atom is -0.143 e. The normalized spacial score (nSPS) is 13.1. The summed E-state index contributed by atoms with van der Waals surface area (Å²) in [4.78, 5) is 3.57. The van der Waals surface area contributed by atoms with Crippen LogP contribution in [-0.4, -0.2) is 0 Å². The van der Waals surface area contributed by atoms with Gasteiger partial charge in [0, 0.05) is 23.6 Å². The molecule has 0 aromatic carbocycles. The van der Waals surface area contributed by atoms with Crippen molar-refractivity contribution in [1.82, 2.24) is 0 Å². The highest BCUT2D eigenvalue weighted by atomic mass is 79.9. The number of rotatable bonds is 2. The quantitative estimate of drug-likeness (QED) is 0.431. The van der Waals surface area contributed by atoms with Gasteiger partial charge in [-0.15, -0.1) is 34.3 Å². The third-order valence-corrected chi connectivity index (χ3v) is 8.05. The smallest absolute Gasteiger partial charge is 0.103 e. The van der Waals surface area contributed by atoms with Gasteiger partial charge in [-0.05, 0) is 66.8 Å². The fourth-order valence-electron chi connectivity index (χ4n) is 1.29. The van der Waals surface area contributed by atoms with E-state index in [0.29, 0.717) is 0 Å². The van der Waals surface area contributed by atoms with Crippen LogP contribution < -0.4 is 0 Å². The second kappa shape index (κ2) is 5.41. The van der Waals surface area contributed by atoms with Crippen LogP contribution in [0, 0.1) is 6.92 Å². The summed E-state index contributed by atoms with van der Waals surface area (Å²) in [6, 6.07) is 4.17. The molecular formula is C10H6Br3ClS2. The topological polar surface area (TPSA) is 0 Å². The molecule has 0 bridgehead atoms. The highest BCUT2D eigenvalue weighted by Gasteiger charge is 2.19. The molecule has 0 fully saturated rings. The third-order valence-electron chi connectivity index (χ3n) is 1.98. The van der Waals surface area contributed by atoms with Crippen molar-refractivity contribution in [3.8, 4) is 0 Å². The monoisotopic (exact) mass is 462 g/mol. The van der Waals surface area contributed by atoms with Crippen LogP contribution in [0.2, 0.25) is 0 Å². The van der Waals surface area contributed by atoms with Crippen molar-refractivity contribution in [2.75, 3.05) is 0 Å². The largest absolute Gasteiger partial charge is 0.143 e. The van der Waals surface area contributed by atoms with Crippen molar-refractivity contribution < 1.29 is 0 Å². The van der Waals surface area contributed by atoms with Crippen molar-refractivity contribution in [2.45, 2.75) is 12.3 Å². The molecule has 0 aliphatic rings. The highest BCUT2D eigenvalue weighted by Crippen LogP contribution is 2.44. The van der Waals surface area contributed by atoms with Gasteiger partial charge in [0.2, 0.25) is 0 Å². The van der Waals surface area contributed by atoms with Crippen LogP contribution in [0.4, 0.5) is 0 Å². The molecule has 0 spiro atoms. The molecule has 2 aromatic heterocycles. The highest BCUT2D eigenvalue weighted by molar-refractivity contribution is 9.13. The molecule has 0 saturated carbocycles. The van der Waals surface area contributed by atoms with E-state index in [1.807, 2.05) is 0 Å². The Morgan fingerprint density at radius 3 is 2.25 bits per heavy atom. The zero-order chi connectivity index (χ0) is 11.9. The number of hydrogen-bond acceptors (Lipinski definition) is 2. The van der Waals surface area contributed by atoms with E-state index in [1.165, 1.54) is 9.75 Å². The molecule has 2 rings (SSSR count). The van der Waals surface area contributed by atoms with Crippen LogP contribution in [0.5, 0.6) is 0 Å².